The standard InChI is InChI=1S/C48H32N4/c1-5-15-33(16-6-1)37-29-38(44-32-43(34-17-7-2-8-18-34)49-48(50-44)36-19-9-3-10-20-36)31-40(30-37)52-45-24-14-13-23-41(45)42-26-25-35-27-28-51(46(35)47(42)52)39-21-11-4-12-22-39/h1-32H. The molecule has 7 aromatic carbocycles. The van der Waals surface area contributed by atoms with Crippen molar-refractivity contribution in [3.8, 4) is 56.4 Å². The summed E-state index contributed by atoms with van der Waals surface area (Å²) in [6, 6.07) is 66.3. The number of hydrogen-bond acceptors (Lipinski definition) is 2. The monoisotopic (exact) mass is 664 g/mol. The molecule has 0 atom stereocenters. The van der Waals surface area contributed by atoms with Crippen LogP contribution in [0.2, 0.25) is 0 Å². The molecule has 0 saturated heterocycles. The maximum absolute atomic E-state index is 5.25. The summed E-state index contributed by atoms with van der Waals surface area (Å²) in [4.78, 5) is 10.3. The lowest BCUT2D eigenvalue weighted by atomic mass is 9.99. The third kappa shape index (κ3) is 5.09. The van der Waals surface area contributed by atoms with E-state index in [-0.39, 0.29) is 0 Å². The van der Waals surface area contributed by atoms with E-state index in [9.17, 15) is 0 Å². The fourth-order valence-corrected chi connectivity index (χ4v) is 7.50. The molecule has 4 nitrogen and oxygen atoms in total. The van der Waals surface area contributed by atoms with Gasteiger partial charge in [0.1, 0.15) is 0 Å². The van der Waals surface area contributed by atoms with Crippen LogP contribution in [-0.2, 0) is 0 Å². The molecule has 52 heavy (non-hydrogen) atoms. The molecule has 0 aliphatic heterocycles. The summed E-state index contributed by atoms with van der Waals surface area (Å²) in [7, 11) is 0. The zero-order valence-electron chi connectivity index (χ0n) is 28.3. The van der Waals surface area contributed by atoms with Crippen LogP contribution < -0.4 is 0 Å². The van der Waals surface area contributed by atoms with Crippen molar-refractivity contribution in [2.24, 2.45) is 0 Å². The van der Waals surface area contributed by atoms with Crippen LogP contribution in [0.25, 0.3) is 89.1 Å². The lowest BCUT2D eigenvalue weighted by Crippen LogP contribution is -2.00. The predicted molar refractivity (Wildman–Crippen MR) is 215 cm³/mol. The van der Waals surface area contributed by atoms with Gasteiger partial charge in [-0.05, 0) is 59.7 Å². The molecule has 4 heteroatoms. The van der Waals surface area contributed by atoms with Crippen LogP contribution in [0, 0.1) is 0 Å². The first kappa shape index (κ1) is 29.8. The van der Waals surface area contributed by atoms with Crippen molar-refractivity contribution < 1.29 is 0 Å². The molecule has 0 fully saturated rings. The van der Waals surface area contributed by atoms with Gasteiger partial charge in [-0.2, -0.15) is 0 Å². The van der Waals surface area contributed by atoms with E-state index < -0.39 is 0 Å². The first-order chi connectivity index (χ1) is 25.8. The molecule has 0 spiro atoms. The number of para-hydroxylation sites is 2. The van der Waals surface area contributed by atoms with Crippen molar-refractivity contribution in [1.29, 1.82) is 0 Å². The highest BCUT2D eigenvalue weighted by molar-refractivity contribution is 6.18. The van der Waals surface area contributed by atoms with E-state index >= 15 is 0 Å². The van der Waals surface area contributed by atoms with Gasteiger partial charge in [-0.15, -0.1) is 0 Å². The summed E-state index contributed by atoms with van der Waals surface area (Å²) >= 11 is 0. The van der Waals surface area contributed by atoms with Crippen molar-refractivity contribution >= 4 is 32.7 Å². The van der Waals surface area contributed by atoms with E-state index in [4.69, 9.17) is 9.97 Å². The zero-order chi connectivity index (χ0) is 34.4. The Morgan fingerprint density at radius 3 is 1.69 bits per heavy atom. The fourth-order valence-electron chi connectivity index (χ4n) is 7.50. The summed E-state index contributed by atoms with van der Waals surface area (Å²) in [6.07, 6.45) is 2.18. The average molecular weight is 665 g/mol. The normalized spacial score (nSPS) is 11.5. The van der Waals surface area contributed by atoms with Gasteiger partial charge in [-0.1, -0.05) is 140 Å². The Balaban J connectivity index is 1.29. The molecule has 0 aliphatic carbocycles. The van der Waals surface area contributed by atoms with E-state index in [2.05, 4.69) is 179 Å². The molecule has 0 saturated carbocycles. The van der Waals surface area contributed by atoms with E-state index in [1.54, 1.807) is 0 Å². The lowest BCUT2D eigenvalue weighted by molar-refractivity contribution is 1.11. The lowest BCUT2D eigenvalue weighted by Gasteiger charge is -2.16. The Bertz CT molecular complexity index is 2810. The maximum atomic E-state index is 5.25. The summed E-state index contributed by atoms with van der Waals surface area (Å²) < 4.78 is 4.76. The van der Waals surface area contributed by atoms with Gasteiger partial charge in [-0.3, -0.25) is 0 Å². The maximum Gasteiger partial charge on any atom is 0.160 e. The zero-order valence-corrected chi connectivity index (χ0v) is 28.3. The number of rotatable bonds is 6. The van der Waals surface area contributed by atoms with Crippen molar-refractivity contribution in [3.63, 3.8) is 0 Å². The first-order valence-electron chi connectivity index (χ1n) is 17.6. The summed E-state index contributed by atoms with van der Waals surface area (Å²) in [6.45, 7) is 0. The smallest absolute Gasteiger partial charge is 0.160 e. The second-order valence-corrected chi connectivity index (χ2v) is 13.1. The molecule has 3 heterocycles. The Hall–Kier alpha value is -7.04. The molecule has 3 aromatic heterocycles. The number of fused-ring (bicyclic) bond motifs is 5. The minimum atomic E-state index is 0.697. The van der Waals surface area contributed by atoms with Gasteiger partial charge in [0, 0.05) is 50.4 Å². The topological polar surface area (TPSA) is 35.6 Å². The average Bonchev–Trinajstić information content (AvgIpc) is 3.81. The second kappa shape index (κ2) is 12.4. The first-order valence-corrected chi connectivity index (χ1v) is 17.6. The summed E-state index contributed by atoms with van der Waals surface area (Å²) in [5.41, 5.74) is 12.7. The summed E-state index contributed by atoms with van der Waals surface area (Å²) in [5.74, 6) is 0.697. The van der Waals surface area contributed by atoms with Crippen LogP contribution in [0.4, 0.5) is 0 Å². The number of aromatic nitrogens is 4. The second-order valence-electron chi connectivity index (χ2n) is 13.1. The molecule has 0 aliphatic rings. The van der Waals surface area contributed by atoms with E-state index in [0.717, 1.165) is 56.1 Å². The van der Waals surface area contributed by atoms with Gasteiger partial charge in [0.05, 0.1) is 27.9 Å². The largest absolute Gasteiger partial charge is 0.315 e. The van der Waals surface area contributed by atoms with Crippen molar-refractivity contribution in [1.82, 2.24) is 19.1 Å². The third-order valence-corrected chi connectivity index (χ3v) is 9.93. The number of nitrogens with zero attached hydrogens (tertiary/aromatic N) is 4. The van der Waals surface area contributed by atoms with Crippen molar-refractivity contribution in [3.05, 3.63) is 194 Å². The highest BCUT2D eigenvalue weighted by atomic mass is 15.0. The van der Waals surface area contributed by atoms with Crippen LogP contribution in [0.3, 0.4) is 0 Å². The van der Waals surface area contributed by atoms with Gasteiger partial charge < -0.3 is 9.13 Å². The minimum Gasteiger partial charge on any atom is -0.315 e. The molecule has 0 unspecified atom stereocenters. The van der Waals surface area contributed by atoms with Crippen LogP contribution in [-0.4, -0.2) is 19.1 Å². The number of hydrogen-bond donors (Lipinski definition) is 0. The molecule has 10 aromatic rings. The van der Waals surface area contributed by atoms with E-state index in [1.165, 1.54) is 27.2 Å². The molecule has 0 N–H and O–H groups in total. The Labute approximate surface area is 301 Å². The van der Waals surface area contributed by atoms with Crippen LogP contribution >= 0.6 is 0 Å². The molecule has 0 radical (unpaired) electrons. The third-order valence-electron chi connectivity index (χ3n) is 9.93. The van der Waals surface area contributed by atoms with E-state index in [0.29, 0.717) is 5.82 Å². The molecular weight excluding hydrogens is 633 g/mol. The van der Waals surface area contributed by atoms with Crippen LogP contribution in [0.5, 0.6) is 0 Å². The van der Waals surface area contributed by atoms with Crippen LogP contribution in [0.15, 0.2) is 194 Å². The quantitative estimate of drug-likeness (QED) is 0.177. The van der Waals surface area contributed by atoms with Gasteiger partial charge in [0.2, 0.25) is 0 Å². The Morgan fingerprint density at radius 1 is 0.365 bits per heavy atom. The SMILES string of the molecule is c1ccc(-c2cc(-c3cc(-c4ccccc4)nc(-c4ccccc4)n3)cc(-n3c4ccccc4c4ccc5ccn(-c6ccccc6)c5c43)c2)cc1. The Kier molecular flexibility index (Phi) is 7.10. The Morgan fingerprint density at radius 2 is 0.962 bits per heavy atom. The van der Waals surface area contributed by atoms with Gasteiger partial charge in [0.25, 0.3) is 0 Å². The van der Waals surface area contributed by atoms with Crippen molar-refractivity contribution in [2.75, 3.05) is 0 Å². The minimum absolute atomic E-state index is 0.697. The molecule has 0 amide bonds. The van der Waals surface area contributed by atoms with Crippen LogP contribution in [0.1, 0.15) is 0 Å². The highest BCUT2D eigenvalue weighted by Gasteiger charge is 2.20. The molecular formula is C48H32N4. The fraction of sp³-hybridized carbons (Fsp3) is 0. The molecule has 0 bridgehead atoms. The van der Waals surface area contributed by atoms with Crippen molar-refractivity contribution in [2.45, 2.75) is 0 Å². The van der Waals surface area contributed by atoms with E-state index in [1.807, 2.05) is 24.3 Å². The molecule has 10 rings (SSSR count). The summed E-state index contributed by atoms with van der Waals surface area (Å²) in [5, 5.41) is 3.62. The van der Waals surface area contributed by atoms with Gasteiger partial charge in [-0.25, -0.2) is 9.97 Å². The van der Waals surface area contributed by atoms with Gasteiger partial charge in [0.15, 0.2) is 5.82 Å². The number of benzene rings is 7. The highest BCUT2D eigenvalue weighted by Crippen LogP contribution is 2.40. The molecule has 244 valence electrons. The van der Waals surface area contributed by atoms with Gasteiger partial charge >= 0.3 is 0 Å². The predicted octanol–water partition coefficient (Wildman–Crippen LogP) is 12.2.